The lowest BCUT2D eigenvalue weighted by Crippen LogP contribution is -2.17. The summed E-state index contributed by atoms with van der Waals surface area (Å²) < 4.78 is 0. The molecule has 27 heavy (non-hydrogen) atoms. The van der Waals surface area contributed by atoms with E-state index in [4.69, 9.17) is 5.11 Å². The topological polar surface area (TPSA) is 112 Å². The monoisotopic (exact) mass is 376 g/mol. The van der Waals surface area contributed by atoms with Crippen molar-refractivity contribution in [3.05, 3.63) is 30.1 Å². The van der Waals surface area contributed by atoms with Crippen molar-refractivity contribution >= 4 is 5.78 Å². The van der Waals surface area contributed by atoms with Crippen molar-refractivity contribution in [1.29, 1.82) is 0 Å². The van der Waals surface area contributed by atoms with Crippen molar-refractivity contribution in [3.8, 4) is 0 Å². The Morgan fingerprint density at radius 3 is 2.67 bits per heavy atom. The minimum atomic E-state index is -0.555. The van der Waals surface area contributed by atoms with Crippen LogP contribution >= 0.6 is 0 Å². The number of aromatic amines is 1. The number of carbonyl (C=O) groups excluding carboxylic acids is 1. The van der Waals surface area contributed by atoms with Gasteiger partial charge in [-0.3, -0.25) is 4.79 Å². The molecule has 0 aliphatic heterocycles. The summed E-state index contributed by atoms with van der Waals surface area (Å²) in [4.78, 5) is 12.2. The highest BCUT2D eigenvalue weighted by atomic mass is 16.3. The average molecular weight is 377 g/mol. The molecule has 1 aromatic heterocycles. The number of hydrogen-bond donors (Lipinski definition) is 3. The molecule has 150 valence electrons. The number of aromatic nitrogens is 4. The van der Waals surface area contributed by atoms with Crippen LogP contribution in [0.25, 0.3) is 0 Å². The third-order valence-corrected chi connectivity index (χ3v) is 5.10. The second-order valence-corrected chi connectivity index (χ2v) is 7.22. The second kappa shape index (κ2) is 12.5. The van der Waals surface area contributed by atoms with Gasteiger partial charge in [-0.15, -0.1) is 5.10 Å². The van der Waals surface area contributed by atoms with Crippen LogP contribution in [0.5, 0.6) is 0 Å². The molecule has 1 aromatic rings. The van der Waals surface area contributed by atoms with Crippen LogP contribution in [0.3, 0.4) is 0 Å². The van der Waals surface area contributed by atoms with Crippen molar-refractivity contribution < 1.29 is 15.0 Å². The number of tetrazole rings is 1. The van der Waals surface area contributed by atoms with E-state index in [2.05, 4.69) is 38.9 Å². The van der Waals surface area contributed by atoms with Crippen LogP contribution in [0.1, 0.15) is 63.6 Å². The maximum Gasteiger partial charge on any atom is 0.148 e. The molecule has 2 rings (SSSR count). The number of nitrogens with zero attached hydrogens (tertiary/aromatic N) is 3. The molecule has 1 saturated carbocycles. The zero-order chi connectivity index (χ0) is 19.3. The maximum absolute atomic E-state index is 12.2. The van der Waals surface area contributed by atoms with Gasteiger partial charge in [-0.25, -0.2) is 5.10 Å². The van der Waals surface area contributed by atoms with Crippen LogP contribution in [0.4, 0.5) is 0 Å². The predicted octanol–water partition coefficient (Wildman–Crippen LogP) is 2.53. The number of aryl methyl sites for hydroxylation is 1. The molecule has 7 nitrogen and oxygen atoms in total. The quantitative estimate of drug-likeness (QED) is 0.360. The minimum absolute atomic E-state index is 0.0696. The van der Waals surface area contributed by atoms with Crippen LogP contribution in [0, 0.1) is 11.8 Å². The van der Waals surface area contributed by atoms with E-state index >= 15 is 0 Å². The first kappa shape index (κ1) is 21.4. The van der Waals surface area contributed by atoms with Gasteiger partial charge in [0.15, 0.2) is 0 Å². The van der Waals surface area contributed by atoms with Gasteiger partial charge >= 0.3 is 0 Å². The highest BCUT2D eigenvalue weighted by Crippen LogP contribution is 2.33. The summed E-state index contributed by atoms with van der Waals surface area (Å²) in [6.45, 7) is 0.263. The van der Waals surface area contributed by atoms with Crippen LogP contribution in [0.2, 0.25) is 0 Å². The molecule has 7 heteroatoms. The molecule has 0 bridgehead atoms. The first-order valence-electron chi connectivity index (χ1n) is 10.1. The number of Topliss-reactive ketones (excluding diaryl/α,β-unsaturated/α-hetero) is 1. The molecule has 0 unspecified atom stereocenters. The van der Waals surface area contributed by atoms with E-state index in [1.165, 1.54) is 0 Å². The zero-order valence-corrected chi connectivity index (χ0v) is 16.0. The molecule has 3 atom stereocenters. The number of aliphatic hydroxyl groups is 2. The molecule has 1 aliphatic rings. The van der Waals surface area contributed by atoms with Crippen LogP contribution in [-0.4, -0.2) is 49.3 Å². The molecule has 0 aromatic carbocycles. The lowest BCUT2D eigenvalue weighted by Gasteiger charge is -2.15. The summed E-state index contributed by atoms with van der Waals surface area (Å²) in [7, 11) is 0. The Morgan fingerprint density at radius 2 is 1.89 bits per heavy atom. The Kier molecular flexibility index (Phi) is 9.94. The van der Waals surface area contributed by atoms with Gasteiger partial charge in [0.25, 0.3) is 0 Å². The van der Waals surface area contributed by atoms with Crippen LogP contribution in [0.15, 0.2) is 24.3 Å². The van der Waals surface area contributed by atoms with Gasteiger partial charge in [-0.1, -0.05) is 37.1 Å². The number of unbranched alkanes of at least 4 members (excludes halogenated alkanes) is 5. The Bertz CT molecular complexity index is 586. The fraction of sp³-hybridized carbons (Fsp3) is 0.700. The predicted molar refractivity (Wildman–Crippen MR) is 103 cm³/mol. The maximum atomic E-state index is 12.2. The number of carbonyl (C=O) groups is 1. The van der Waals surface area contributed by atoms with E-state index in [9.17, 15) is 9.90 Å². The summed E-state index contributed by atoms with van der Waals surface area (Å²) >= 11 is 0. The van der Waals surface area contributed by atoms with E-state index in [1.807, 2.05) is 6.08 Å². The molecular formula is C20H32N4O3. The molecule has 3 N–H and O–H groups in total. The van der Waals surface area contributed by atoms with E-state index in [1.54, 1.807) is 0 Å². The molecular weight excluding hydrogens is 344 g/mol. The van der Waals surface area contributed by atoms with E-state index in [0.717, 1.165) is 57.2 Å². The summed E-state index contributed by atoms with van der Waals surface area (Å²) in [5.74, 6) is 0.775. The van der Waals surface area contributed by atoms with Crippen LogP contribution < -0.4 is 0 Å². The highest BCUT2D eigenvalue weighted by Gasteiger charge is 2.38. The van der Waals surface area contributed by atoms with E-state index in [-0.39, 0.29) is 30.6 Å². The van der Waals surface area contributed by atoms with Crippen molar-refractivity contribution in [2.45, 2.75) is 70.3 Å². The summed E-state index contributed by atoms with van der Waals surface area (Å²) in [5, 5.41) is 32.7. The summed E-state index contributed by atoms with van der Waals surface area (Å²) in [6, 6.07) is 0. The Morgan fingerprint density at radius 1 is 1.07 bits per heavy atom. The molecule has 0 amide bonds. The number of H-pyrrole nitrogens is 1. The number of nitrogens with one attached hydrogen (secondary N) is 1. The second-order valence-electron chi connectivity index (χ2n) is 7.22. The van der Waals surface area contributed by atoms with Crippen molar-refractivity contribution in [2.75, 3.05) is 6.61 Å². The lowest BCUT2D eigenvalue weighted by molar-refractivity contribution is -0.121. The number of allylic oxidation sites excluding steroid dienone is 3. The average Bonchev–Trinajstić information content (AvgIpc) is 3.26. The van der Waals surface area contributed by atoms with Gasteiger partial charge < -0.3 is 10.2 Å². The van der Waals surface area contributed by atoms with E-state index < -0.39 is 6.10 Å². The van der Waals surface area contributed by atoms with Gasteiger partial charge in [-0.05, 0) is 49.0 Å². The molecule has 0 spiro atoms. The van der Waals surface area contributed by atoms with Crippen molar-refractivity contribution in [3.63, 3.8) is 0 Å². The zero-order valence-electron chi connectivity index (χ0n) is 16.0. The number of hydrogen-bond acceptors (Lipinski definition) is 6. The normalized spacial score (nSPS) is 23.2. The third-order valence-electron chi connectivity index (χ3n) is 5.10. The van der Waals surface area contributed by atoms with Gasteiger partial charge in [0.1, 0.15) is 11.6 Å². The molecule has 0 saturated heterocycles. The first-order valence-corrected chi connectivity index (χ1v) is 10.1. The Hall–Kier alpha value is -1.86. The summed E-state index contributed by atoms with van der Waals surface area (Å²) in [5.41, 5.74) is 0. The summed E-state index contributed by atoms with van der Waals surface area (Å²) in [6.07, 6.45) is 16.4. The SMILES string of the molecule is O=C1C[C@H](O)[C@H](C=CCCCCCCO)[C@@H]1C/C=C\CCCc1nnn[nH]1. The molecule has 0 radical (unpaired) electrons. The fourth-order valence-corrected chi connectivity index (χ4v) is 3.54. The van der Waals surface area contributed by atoms with Crippen molar-refractivity contribution in [1.82, 2.24) is 20.6 Å². The standard InChI is InChI=1S/C20H32N4O3/c25-14-10-6-2-1-3-7-11-16-17(19(27)15-18(16)26)12-8-4-5-9-13-20-21-23-24-22-20/h4,7-8,11,16-18,25-26H,1-3,5-6,9-10,12-15H2,(H,21,22,23,24)/b8-4-,11-7?/t16-,17+,18+/m1/s1. The van der Waals surface area contributed by atoms with Crippen molar-refractivity contribution in [2.24, 2.45) is 11.8 Å². The third kappa shape index (κ3) is 7.72. The van der Waals surface area contributed by atoms with Crippen LogP contribution in [-0.2, 0) is 11.2 Å². The van der Waals surface area contributed by atoms with Gasteiger partial charge in [0.05, 0.1) is 6.10 Å². The van der Waals surface area contributed by atoms with Gasteiger partial charge in [0.2, 0.25) is 0 Å². The Balaban J connectivity index is 1.68. The number of aliphatic hydroxyl groups excluding tert-OH is 2. The fourth-order valence-electron chi connectivity index (χ4n) is 3.54. The number of ketones is 1. The molecule has 1 aliphatic carbocycles. The molecule has 1 heterocycles. The first-order chi connectivity index (χ1) is 13.2. The smallest absolute Gasteiger partial charge is 0.148 e. The highest BCUT2D eigenvalue weighted by molar-refractivity contribution is 5.84. The minimum Gasteiger partial charge on any atom is -0.396 e. The Labute approximate surface area is 161 Å². The number of rotatable bonds is 13. The van der Waals surface area contributed by atoms with E-state index in [0.29, 0.717) is 6.42 Å². The van der Waals surface area contributed by atoms with Gasteiger partial charge in [-0.2, -0.15) is 0 Å². The lowest BCUT2D eigenvalue weighted by atomic mass is 9.90. The molecule has 1 fully saturated rings. The van der Waals surface area contributed by atoms with Gasteiger partial charge in [0, 0.05) is 31.3 Å². The largest absolute Gasteiger partial charge is 0.396 e.